The van der Waals surface area contributed by atoms with E-state index in [1.165, 1.54) is 0 Å². The van der Waals surface area contributed by atoms with E-state index in [0.717, 1.165) is 32.7 Å². The zero-order chi connectivity index (χ0) is 20.2. The maximum Gasteiger partial charge on any atom is 0.124 e. The number of thioether (sulfide) groups is 1. The van der Waals surface area contributed by atoms with Crippen molar-refractivity contribution >= 4 is 22.5 Å². The summed E-state index contributed by atoms with van der Waals surface area (Å²) in [4.78, 5) is 0.990. The third-order valence-corrected chi connectivity index (χ3v) is 5.78. The highest BCUT2D eigenvalue weighted by Gasteiger charge is 2.10. The fraction of sp³-hybridized carbons (Fsp3) is 0.174. The number of methoxy groups -OCH3 is 1. The molecule has 0 spiro atoms. The van der Waals surface area contributed by atoms with Crippen LogP contribution in [-0.2, 0) is 18.9 Å². The summed E-state index contributed by atoms with van der Waals surface area (Å²) in [6.07, 6.45) is 0. The zero-order valence-electron chi connectivity index (χ0n) is 16.1. The van der Waals surface area contributed by atoms with Gasteiger partial charge in [-0.25, -0.2) is 0 Å². The summed E-state index contributed by atoms with van der Waals surface area (Å²) in [7, 11) is 1.65. The van der Waals surface area contributed by atoms with Crippen molar-refractivity contribution in [2.45, 2.75) is 23.8 Å². The van der Waals surface area contributed by atoms with Crippen molar-refractivity contribution in [1.29, 1.82) is 0 Å². The van der Waals surface area contributed by atoms with E-state index in [0.29, 0.717) is 18.0 Å². The van der Waals surface area contributed by atoms with Crippen molar-refractivity contribution < 1.29 is 14.9 Å². The highest BCUT2D eigenvalue weighted by atomic mass is 32.2. The molecule has 1 aromatic heterocycles. The van der Waals surface area contributed by atoms with Gasteiger partial charge in [0, 0.05) is 21.7 Å². The van der Waals surface area contributed by atoms with Crippen LogP contribution in [0.5, 0.6) is 11.5 Å². The van der Waals surface area contributed by atoms with Crippen molar-refractivity contribution in [1.82, 2.24) is 9.78 Å². The van der Waals surface area contributed by atoms with Crippen LogP contribution in [0.15, 0.2) is 71.6 Å². The second kappa shape index (κ2) is 8.59. The molecule has 0 aliphatic rings. The van der Waals surface area contributed by atoms with E-state index in [9.17, 15) is 10.2 Å². The number of hydrogen-bond acceptors (Lipinski definition) is 5. The smallest absolute Gasteiger partial charge is 0.124 e. The largest absolute Gasteiger partial charge is 0.507 e. The van der Waals surface area contributed by atoms with Gasteiger partial charge in [-0.1, -0.05) is 36.4 Å². The first kappa shape index (κ1) is 19.4. The number of rotatable bonds is 7. The number of aromatic nitrogens is 2. The molecule has 4 rings (SSSR count). The fourth-order valence-corrected chi connectivity index (χ4v) is 4.21. The molecule has 0 atom stereocenters. The van der Waals surface area contributed by atoms with Gasteiger partial charge in [0.25, 0.3) is 0 Å². The molecule has 148 valence electrons. The van der Waals surface area contributed by atoms with Crippen molar-refractivity contribution in [3.8, 4) is 11.5 Å². The van der Waals surface area contributed by atoms with Gasteiger partial charge in [-0.3, -0.25) is 4.68 Å². The van der Waals surface area contributed by atoms with Crippen LogP contribution in [0, 0.1) is 0 Å². The van der Waals surface area contributed by atoms with Gasteiger partial charge in [0.1, 0.15) is 11.5 Å². The average molecular weight is 407 g/mol. The SMILES string of the molecule is COc1ccc(Cn2nc(CO)cc2CSc2cc(O)c3ccccc3c2)cc1. The monoisotopic (exact) mass is 406 g/mol. The van der Waals surface area contributed by atoms with Crippen LogP contribution in [0.2, 0.25) is 0 Å². The van der Waals surface area contributed by atoms with Crippen LogP contribution in [0.3, 0.4) is 0 Å². The summed E-state index contributed by atoms with van der Waals surface area (Å²) in [6, 6.07) is 21.5. The van der Waals surface area contributed by atoms with E-state index in [-0.39, 0.29) is 12.4 Å². The first-order chi connectivity index (χ1) is 14.2. The van der Waals surface area contributed by atoms with Crippen molar-refractivity contribution in [2.75, 3.05) is 7.11 Å². The number of aromatic hydroxyl groups is 1. The summed E-state index contributed by atoms with van der Waals surface area (Å²) in [6.45, 7) is 0.521. The molecule has 6 heteroatoms. The third kappa shape index (κ3) is 4.39. The lowest BCUT2D eigenvalue weighted by Crippen LogP contribution is -2.06. The molecule has 0 bridgehead atoms. The van der Waals surface area contributed by atoms with Crippen molar-refractivity contribution in [3.63, 3.8) is 0 Å². The second-order valence-electron chi connectivity index (χ2n) is 6.74. The van der Waals surface area contributed by atoms with Gasteiger partial charge in [0.05, 0.1) is 26.0 Å². The molecule has 0 unspecified atom stereocenters. The van der Waals surface area contributed by atoms with E-state index in [1.54, 1.807) is 24.9 Å². The number of hydrogen-bond donors (Lipinski definition) is 2. The van der Waals surface area contributed by atoms with Crippen molar-refractivity contribution in [3.05, 3.63) is 83.7 Å². The number of aliphatic hydroxyl groups is 1. The lowest BCUT2D eigenvalue weighted by molar-refractivity contribution is 0.275. The van der Waals surface area contributed by atoms with Gasteiger partial charge >= 0.3 is 0 Å². The molecule has 1 heterocycles. The topological polar surface area (TPSA) is 67.5 Å². The summed E-state index contributed by atoms with van der Waals surface area (Å²) >= 11 is 1.63. The number of fused-ring (bicyclic) bond motifs is 1. The number of ether oxygens (including phenoxy) is 1. The Hall–Kier alpha value is -2.96. The predicted molar refractivity (Wildman–Crippen MR) is 115 cm³/mol. The Morgan fingerprint density at radius 1 is 1.03 bits per heavy atom. The molecule has 5 nitrogen and oxygen atoms in total. The number of nitrogens with zero attached hydrogens (tertiary/aromatic N) is 2. The summed E-state index contributed by atoms with van der Waals surface area (Å²) in [5.41, 5.74) is 2.77. The Labute approximate surface area is 173 Å². The standard InChI is InChI=1S/C23H22N2O3S/c1-28-20-8-6-16(7-9-20)13-25-19(11-18(14-26)24-25)15-29-21-10-17-4-2-3-5-22(17)23(27)12-21/h2-12,26-27H,13-15H2,1H3. The third-order valence-electron chi connectivity index (χ3n) is 4.77. The minimum Gasteiger partial charge on any atom is -0.507 e. The molecule has 2 N–H and O–H groups in total. The second-order valence-corrected chi connectivity index (χ2v) is 7.79. The maximum atomic E-state index is 10.3. The van der Waals surface area contributed by atoms with E-state index >= 15 is 0 Å². The molecule has 0 saturated heterocycles. The molecule has 0 aliphatic heterocycles. The molecule has 4 aromatic rings. The number of phenols is 1. The van der Waals surface area contributed by atoms with E-state index < -0.39 is 0 Å². The minimum absolute atomic E-state index is 0.0932. The molecular formula is C23H22N2O3S. The minimum atomic E-state index is -0.0932. The molecule has 0 radical (unpaired) electrons. The number of aliphatic hydroxyl groups excluding tert-OH is 1. The van der Waals surface area contributed by atoms with Gasteiger partial charge in [0.15, 0.2) is 0 Å². The molecule has 0 fully saturated rings. The molecule has 0 aliphatic carbocycles. The summed E-state index contributed by atoms with van der Waals surface area (Å²) < 4.78 is 7.13. The van der Waals surface area contributed by atoms with Crippen LogP contribution >= 0.6 is 11.8 Å². The average Bonchev–Trinajstić information content (AvgIpc) is 3.14. The fourth-order valence-electron chi connectivity index (χ4n) is 3.25. The van der Waals surface area contributed by atoms with Gasteiger partial charge in [-0.05, 0) is 41.3 Å². The normalized spacial score (nSPS) is 11.1. The Morgan fingerprint density at radius 2 is 1.83 bits per heavy atom. The Morgan fingerprint density at radius 3 is 2.59 bits per heavy atom. The Bertz CT molecular complexity index is 1120. The quantitative estimate of drug-likeness (QED) is 0.440. The van der Waals surface area contributed by atoms with Gasteiger partial charge < -0.3 is 14.9 Å². The molecule has 29 heavy (non-hydrogen) atoms. The molecular weight excluding hydrogens is 384 g/mol. The van der Waals surface area contributed by atoms with Crippen LogP contribution in [0.25, 0.3) is 10.8 Å². The van der Waals surface area contributed by atoms with Gasteiger partial charge in [-0.15, -0.1) is 11.8 Å². The van der Waals surface area contributed by atoms with Gasteiger partial charge in [0.2, 0.25) is 0 Å². The maximum absolute atomic E-state index is 10.3. The summed E-state index contributed by atoms with van der Waals surface area (Å²) in [5, 5.41) is 26.2. The van der Waals surface area contributed by atoms with Crippen LogP contribution in [0.1, 0.15) is 17.0 Å². The number of phenolic OH excluding ortho intramolecular Hbond substituents is 1. The zero-order valence-corrected chi connectivity index (χ0v) is 16.9. The molecule has 0 saturated carbocycles. The van der Waals surface area contributed by atoms with Crippen LogP contribution in [0.4, 0.5) is 0 Å². The molecule has 3 aromatic carbocycles. The highest BCUT2D eigenvalue weighted by Crippen LogP contribution is 2.33. The highest BCUT2D eigenvalue weighted by molar-refractivity contribution is 7.98. The number of benzene rings is 3. The lowest BCUT2D eigenvalue weighted by atomic mass is 10.1. The lowest BCUT2D eigenvalue weighted by Gasteiger charge is -2.09. The predicted octanol–water partition coefficient (Wildman–Crippen LogP) is 4.58. The molecule has 0 amide bonds. The van der Waals surface area contributed by atoms with Crippen LogP contribution < -0.4 is 4.74 Å². The summed E-state index contributed by atoms with van der Waals surface area (Å²) in [5.74, 6) is 1.78. The van der Waals surface area contributed by atoms with Gasteiger partial charge in [-0.2, -0.15) is 5.10 Å². The first-order valence-corrected chi connectivity index (χ1v) is 10.3. The Kier molecular flexibility index (Phi) is 5.74. The van der Waals surface area contributed by atoms with E-state index in [4.69, 9.17) is 4.74 Å². The Balaban J connectivity index is 1.54. The van der Waals surface area contributed by atoms with Crippen LogP contribution in [-0.4, -0.2) is 27.1 Å². The van der Waals surface area contributed by atoms with Crippen molar-refractivity contribution in [2.24, 2.45) is 0 Å². The van der Waals surface area contributed by atoms with E-state index in [2.05, 4.69) is 11.2 Å². The first-order valence-electron chi connectivity index (χ1n) is 9.30. The van der Waals surface area contributed by atoms with E-state index in [1.807, 2.05) is 59.3 Å².